The average Bonchev–Trinajstić information content (AvgIpc) is 2.21. The van der Waals surface area contributed by atoms with Crippen LogP contribution in [0.25, 0.3) is 0 Å². The smallest absolute Gasteiger partial charge is 0.109 e. The van der Waals surface area contributed by atoms with Gasteiger partial charge in [0.05, 0.1) is 18.7 Å². The monoisotopic (exact) mass is 198 g/mol. The van der Waals surface area contributed by atoms with E-state index >= 15 is 0 Å². The van der Waals surface area contributed by atoms with Crippen LogP contribution in [0.5, 0.6) is 0 Å². The number of hydrogen-bond donors (Lipinski definition) is 1. The van der Waals surface area contributed by atoms with Crippen molar-refractivity contribution in [3.05, 3.63) is 0 Å². The van der Waals surface area contributed by atoms with E-state index in [-0.39, 0.29) is 0 Å². The molecule has 1 fully saturated rings. The van der Waals surface area contributed by atoms with Gasteiger partial charge in [0.25, 0.3) is 0 Å². The number of rotatable bonds is 4. The zero-order valence-electron chi connectivity index (χ0n) is 8.22. The van der Waals surface area contributed by atoms with Gasteiger partial charge in [0.1, 0.15) is 6.61 Å². The summed E-state index contributed by atoms with van der Waals surface area (Å²) < 4.78 is 0. The zero-order valence-corrected chi connectivity index (χ0v) is 8.22. The first-order valence-corrected chi connectivity index (χ1v) is 4.84. The Kier molecular flexibility index (Phi) is 4.84. The van der Waals surface area contributed by atoms with Crippen LogP contribution in [0.1, 0.15) is 0 Å². The quantitative estimate of drug-likeness (QED) is 0.583. The summed E-state index contributed by atoms with van der Waals surface area (Å²) in [6.07, 6.45) is -0.752. The van der Waals surface area contributed by atoms with Crippen molar-refractivity contribution in [3.63, 3.8) is 0 Å². The van der Waals surface area contributed by atoms with Crippen LogP contribution >= 0.6 is 0 Å². The Labute approximate surface area is 84.2 Å². The van der Waals surface area contributed by atoms with E-state index < -0.39 is 12.7 Å². The molecule has 0 aromatic carbocycles. The summed E-state index contributed by atoms with van der Waals surface area (Å²) >= 11 is 0. The van der Waals surface area contributed by atoms with Gasteiger partial charge >= 0.3 is 0 Å². The molecule has 1 N–H and O–H groups in total. The molecular formula is C9H16N3O2. The first-order chi connectivity index (χ1) is 6.76. The van der Waals surface area contributed by atoms with Crippen molar-refractivity contribution in [1.82, 2.24) is 9.80 Å². The number of hydrogen-bond acceptors (Lipinski definition) is 4. The van der Waals surface area contributed by atoms with Gasteiger partial charge in [-0.05, 0) is 0 Å². The van der Waals surface area contributed by atoms with Crippen LogP contribution in [-0.4, -0.2) is 66.9 Å². The highest BCUT2D eigenvalue weighted by Crippen LogP contribution is 2.01. The standard InChI is InChI=1S/C9H16N3O2/c10-1-2-11-3-5-12(6-4-11)7-9(14)8-13/h9,14H,2-8H2. The molecule has 1 aliphatic heterocycles. The molecule has 14 heavy (non-hydrogen) atoms. The van der Waals surface area contributed by atoms with Gasteiger partial charge in [-0.15, -0.1) is 0 Å². The normalized spacial score (nSPS) is 21.8. The van der Waals surface area contributed by atoms with Crippen molar-refractivity contribution in [2.24, 2.45) is 0 Å². The molecule has 5 nitrogen and oxygen atoms in total. The van der Waals surface area contributed by atoms with Crippen LogP contribution in [0.3, 0.4) is 0 Å². The van der Waals surface area contributed by atoms with Crippen molar-refractivity contribution in [2.75, 3.05) is 45.9 Å². The Morgan fingerprint density at radius 1 is 1.29 bits per heavy atom. The predicted octanol–water partition coefficient (Wildman–Crippen LogP) is -1.08. The van der Waals surface area contributed by atoms with Gasteiger partial charge in [0.15, 0.2) is 0 Å². The number of β-amino-alcohol motifs (C(OH)–C–C–N with tert-alkyl or cyclic N) is 1. The first-order valence-electron chi connectivity index (χ1n) is 4.84. The molecule has 0 aliphatic carbocycles. The molecule has 1 aliphatic rings. The lowest BCUT2D eigenvalue weighted by Gasteiger charge is -2.33. The molecule has 1 heterocycles. The highest BCUT2D eigenvalue weighted by Gasteiger charge is 2.18. The van der Waals surface area contributed by atoms with Crippen LogP contribution in [0, 0.1) is 11.3 Å². The summed E-state index contributed by atoms with van der Waals surface area (Å²) in [6, 6.07) is 2.11. The largest absolute Gasteiger partial charge is 0.389 e. The van der Waals surface area contributed by atoms with Crippen molar-refractivity contribution in [1.29, 1.82) is 5.26 Å². The molecule has 1 rings (SSSR count). The summed E-state index contributed by atoms with van der Waals surface area (Å²) in [5.41, 5.74) is 0. The van der Waals surface area contributed by atoms with E-state index in [9.17, 15) is 5.11 Å². The highest BCUT2D eigenvalue weighted by atomic mass is 16.3. The minimum atomic E-state index is -0.752. The summed E-state index contributed by atoms with van der Waals surface area (Å²) in [5.74, 6) is 0. The van der Waals surface area contributed by atoms with Crippen LogP contribution < -0.4 is 0 Å². The first kappa shape index (κ1) is 11.4. The third-order valence-electron chi connectivity index (χ3n) is 2.42. The fourth-order valence-electron chi connectivity index (χ4n) is 1.58. The Balaban J connectivity index is 2.19. The second-order valence-corrected chi connectivity index (χ2v) is 3.56. The van der Waals surface area contributed by atoms with Crippen molar-refractivity contribution in [2.45, 2.75) is 6.10 Å². The Hall–Kier alpha value is -0.670. The molecule has 1 atom stereocenters. The number of aliphatic hydroxyl groups excluding tert-OH is 1. The van der Waals surface area contributed by atoms with Gasteiger partial charge in [-0.3, -0.25) is 9.80 Å². The molecule has 0 aromatic heterocycles. The Morgan fingerprint density at radius 2 is 1.86 bits per heavy atom. The molecule has 0 bridgehead atoms. The van der Waals surface area contributed by atoms with Crippen LogP contribution in [0.2, 0.25) is 0 Å². The van der Waals surface area contributed by atoms with Gasteiger partial charge < -0.3 is 5.11 Å². The van der Waals surface area contributed by atoms with Crippen molar-refractivity contribution < 1.29 is 10.2 Å². The maximum Gasteiger partial charge on any atom is 0.109 e. The van der Waals surface area contributed by atoms with Crippen molar-refractivity contribution in [3.8, 4) is 6.07 Å². The van der Waals surface area contributed by atoms with E-state index in [2.05, 4.69) is 15.9 Å². The SMILES string of the molecule is N#CCN1CCN(CC(O)C[O])CC1. The molecular weight excluding hydrogens is 182 g/mol. The van der Waals surface area contributed by atoms with Crippen molar-refractivity contribution >= 4 is 0 Å². The summed E-state index contributed by atoms with van der Waals surface area (Å²) in [7, 11) is 0. The highest BCUT2D eigenvalue weighted by molar-refractivity contribution is 4.81. The summed E-state index contributed by atoms with van der Waals surface area (Å²) in [6.45, 7) is 3.86. The fraction of sp³-hybridized carbons (Fsp3) is 0.889. The molecule has 0 saturated carbocycles. The Morgan fingerprint density at radius 3 is 2.36 bits per heavy atom. The van der Waals surface area contributed by atoms with Gasteiger partial charge in [0.2, 0.25) is 0 Å². The minimum Gasteiger partial charge on any atom is -0.389 e. The lowest BCUT2D eigenvalue weighted by Crippen LogP contribution is -2.48. The van der Waals surface area contributed by atoms with E-state index in [1.54, 1.807) is 0 Å². The fourth-order valence-corrected chi connectivity index (χ4v) is 1.58. The van der Waals surface area contributed by atoms with Gasteiger partial charge in [-0.25, -0.2) is 5.11 Å². The molecule has 5 heteroatoms. The third-order valence-corrected chi connectivity index (χ3v) is 2.42. The molecule has 0 spiro atoms. The summed E-state index contributed by atoms with van der Waals surface area (Å²) in [4.78, 5) is 4.14. The van der Waals surface area contributed by atoms with Crippen LogP contribution in [0.15, 0.2) is 0 Å². The zero-order chi connectivity index (χ0) is 10.4. The number of nitrogens with zero attached hydrogens (tertiary/aromatic N) is 3. The van der Waals surface area contributed by atoms with E-state index in [1.165, 1.54) is 0 Å². The van der Waals surface area contributed by atoms with Crippen LogP contribution in [-0.2, 0) is 5.11 Å². The minimum absolute atomic E-state index is 0.432. The number of aliphatic hydroxyl groups is 1. The lowest BCUT2D eigenvalue weighted by molar-refractivity contribution is 0.0185. The second kappa shape index (κ2) is 5.94. The van der Waals surface area contributed by atoms with Gasteiger partial charge in [-0.1, -0.05) is 0 Å². The van der Waals surface area contributed by atoms with E-state index in [1.807, 2.05) is 0 Å². The van der Waals surface area contributed by atoms with E-state index in [0.717, 1.165) is 26.2 Å². The predicted molar refractivity (Wildman–Crippen MR) is 50.1 cm³/mol. The van der Waals surface area contributed by atoms with Gasteiger partial charge in [-0.2, -0.15) is 5.26 Å². The molecule has 0 aromatic rings. The molecule has 1 unspecified atom stereocenters. The Bertz CT molecular complexity index is 197. The number of nitriles is 1. The molecule has 1 saturated heterocycles. The van der Waals surface area contributed by atoms with Gasteiger partial charge in [0, 0.05) is 32.7 Å². The molecule has 0 amide bonds. The van der Waals surface area contributed by atoms with E-state index in [0.29, 0.717) is 13.1 Å². The second-order valence-electron chi connectivity index (χ2n) is 3.56. The number of piperazine rings is 1. The average molecular weight is 198 g/mol. The molecule has 1 radical (unpaired) electrons. The van der Waals surface area contributed by atoms with Crippen LogP contribution in [0.4, 0.5) is 0 Å². The topological polar surface area (TPSA) is 70.4 Å². The maximum atomic E-state index is 10.3. The third kappa shape index (κ3) is 3.60. The molecule has 79 valence electrons. The summed E-state index contributed by atoms with van der Waals surface area (Å²) in [5, 5.41) is 28.0. The maximum absolute atomic E-state index is 10.3. The van der Waals surface area contributed by atoms with E-state index in [4.69, 9.17) is 10.4 Å². The lowest BCUT2D eigenvalue weighted by atomic mass is 10.2.